The first-order valence-corrected chi connectivity index (χ1v) is 7.40. The van der Waals surface area contributed by atoms with Crippen LogP contribution in [0, 0.1) is 6.92 Å². The van der Waals surface area contributed by atoms with E-state index in [1.54, 1.807) is 0 Å². The van der Waals surface area contributed by atoms with Crippen LogP contribution in [0.15, 0.2) is 18.2 Å². The average Bonchev–Trinajstić information content (AvgIpc) is 2.28. The number of rotatable bonds is 5. The van der Waals surface area contributed by atoms with E-state index in [1.807, 2.05) is 11.8 Å². The highest BCUT2D eigenvalue weighted by molar-refractivity contribution is 7.98. The molecule has 3 heteroatoms. The maximum atomic E-state index is 6.00. The lowest BCUT2D eigenvalue weighted by atomic mass is 10.1. The molecular formula is C13H20ClNS. The Bertz CT molecular complexity index is 341. The van der Waals surface area contributed by atoms with Crippen LogP contribution in [0.2, 0.25) is 0 Å². The second-order valence-corrected chi connectivity index (χ2v) is 5.36. The van der Waals surface area contributed by atoms with Crippen molar-refractivity contribution >= 4 is 29.1 Å². The molecule has 90 valence electrons. The molecule has 0 saturated carbocycles. The molecule has 0 spiro atoms. The average molecular weight is 258 g/mol. The van der Waals surface area contributed by atoms with E-state index in [9.17, 15) is 0 Å². The maximum Gasteiger partial charge on any atom is 0.0494 e. The highest BCUT2D eigenvalue weighted by Gasteiger charge is 2.12. The van der Waals surface area contributed by atoms with Gasteiger partial charge in [-0.2, -0.15) is 11.8 Å². The molecule has 16 heavy (non-hydrogen) atoms. The summed E-state index contributed by atoms with van der Waals surface area (Å²) in [6.07, 6.45) is 2.14. The summed E-state index contributed by atoms with van der Waals surface area (Å²) in [7, 11) is 2.14. The molecule has 0 fully saturated rings. The summed E-state index contributed by atoms with van der Waals surface area (Å²) in [5.74, 6) is 1.71. The van der Waals surface area contributed by atoms with Gasteiger partial charge in [0, 0.05) is 30.4 Å². The molecule has 0 bridgehead atoms. The minimum Gasteiger partial charge on any atom is -0.371 e. The van der Waals surface area contributed by atoms with Gasteiger partial charge in [0.15, 0.2) is 0 Å². The molecule has 1 aromatic rings. The zero-order valence-corrected chi connectivity index (χ0v) is 12.0. The summed E-state index contributed by atoms with van der Waals surface area (Å²) in [6.45, 7) is 4.35. The van der Waals surface area contributed by atoms with E-state index in [2.05, 4.69) is 50.2 Å². The van der Waals surface area contributed by atoms with Gasteiger partial charge in [-0.3, -0.25) is 0 Å². The van der Waals surface area contributed by atoms with Gasteiger partial charge in [0.1, 0.15) is 0 Å². The van der Waals surface area contributed by atoms with Gasteiger partial charge in [0.05, 0.1) is 0 Å². The molecule has 0 amide bonds. The first-order chi connectivity index (χ1) is 7.60. The molecule has 1 unspecified atom stereocenters. The summed E-state index contributed by atoms with van der Waals surface area (Å²) in [5.41, 5.74) is 3.74. The van der Waals surface area contributed by atoms with Crippen molar-refractivity contribution in [2.24, 2.45) is 0 Å². The SMILES string of the molecule is CSCC(C)N(C)c1ccc(C)cc1CCl. The third-order valence-corrected chi connectivity index (χ3v) is 3.93. The molecule has 0 heterocycles. The lowest BCUT2D eigenvalue weighted by Crippen LogP contribution is -2.31. The van der Waals surface area contributed by atoms with Crippen LogP contribution in [0.25, 0.3) is 0 Å². The fourth-order valence-electron chi connectivity index (χ4n) is 1.76. The van der Waals surface area contributed by atoms with E-state index >= 15 is 0 Å². The van der Waals surface area contributed by atoms with Crippen LogP contribution < -0.4 is 4.90 Å². The van der Waals surface area contributed by atoms with Crippen LogP contribution in [-0.2, 0) is 5.88 Å². The van der Waals surface area contributed by atoms with Crippen molar-refractivity contribution in [2.75, 3.05) is 24.0 Å². The number of benzene rings is 1. The minimum atomic E-state index is 0.527. The molecule has 1 atom stereocenters. The Balaban J connectivity index is 2.93. The summed E-state index contributed by atoms with van der Waals surface area (Å²) in [5, 5.41) is 0. The quantitative estimate of drug-likeness (QED) is 0.736. The van der Waals surface area contributed by atoms with Gasteiger partial charge < -0.3 is 4.90 Å². The van der Waals surface area contributed by atoms with Gasteiger partial charge in [-0.25, -0.2) is 0 Å². The second-order valence-electron chi connectivity index (χ2n) is 4.18. The standard InChI is InChI=1S/C13H20ClNS/c1-10-5-6-13(12(7-10)8-14)15(3)11(2)9-16-4/h5-7,11H,8-9H2,1-4H3. The van der Waals surface area contributed by atoms with Crippen LogP contribution in [-0.4, -0.2) is 25.1 Å². The van der Waals surface area contributed by atoms with Gasteiger partial charge in [0.25, 0.3) is 0 Å². The third-order valence-electron chi connectivity index (χ3n) is 2.83. The summed E-state index contributed by atoms with van der Waals surface area (Å²) in [4.78, 5) is 2.31. The van der Waals surface area contributed by atoms with Crippen LogP contribution in [0.1, 0.15) is 18.1 Å². The number of anilines is 1. The Labute approximate surface area is 108 Å². The zero-order chi connectivity index (χ0) is 12.1. The normalized spacial score (nSPS) is 12.6. The number of hydrogen-bond acceptors (Lipinski definition) is 2. The summed E-state index contributed by atoms with van der Waals surface area (Å²) >= 11 is 7.87. The van der Waals surface area contributed by atoms with E-state index in [0.29, 0.717) is 11.9 Å². The summed E-state index contributed by atoms with van der Waals surface area (Å²) < 4.78 is 0. The molecule has 0 radical (unpaired) electrons. The number of thioether (sulfide) groups is 1. The van der Waals surface area contributed by atoms with Gasteiger partial charge in [0.2, 0.25) is 0 Å². The topological polar surface area (TPSA) is 3.24 Å². The minimum absolute atomic E-state index is 0.527. The van der Waals surface area contributed by atoms with Crippen molar-refractivity contribution in [2.45, 2.75) is 25.8 Å². The molecule has 0 aliphatic carbocycles. The smallest absolute Gasteiger partial charge is 0.0494 e. The largest absolute Gasteiger partial charge is 0.371 e. The summed E-state index contributed by atoms with van der Waals surface area (Å²) in [6, 6.07) is 7.02. The molecule has 0 saturated heterocycles. The molecule has 0 aromatic heterocycles. The first-order valence-electron chi connectivity index (χ1n) is 5.47. The van der Waals surface area contributed by atoms with E-state index in [-0.39, 0.29) is 0 Å². The fraction of sp³-hybridized carbons (Fsp3) is 0.538. The molecular weight excluding hydrogens is 238 g/mol. The van der Waals surface area contributed by atoms with Crippen LogP contribution >= 0.6 is 23.4 Å². The van der Waals surface area contributed by atoms with Gasteiger partial charge >= 0.3 is 0 Å². The first kappa shape index (κ1) is 13.7. The molecule has 1 rings (SSSR count). The molecule has 1 aromatic carbocycles. The third kappa shape index (κ3) is 3.33. The molecule has 1 nitrogen and oxygen atoms in total. The van der Waals surface area contributed by atoms with Crippen molar-refractivity contribution in [1.82, 2.24) is 0 Å². The Morgan fingerprint density at radius 3 is 2.69 bits per heavy atom. The Morgan fingerprint density at radius 1 is 1.44 bits per heavy atom. The Morgan fingerprint density at radius 2 is 2.12 bits per heavy atom. The molecule has 0 aliphatic rings. The number of hydrogen-bond donors (Lipinski definition) is 0. The number of nitrogens with zero attached hydrogens (tertiary/aromatic N) is 1. The fourth-order valence-corrected chi connectivity index (χ4v) is 2.68. The Kier molecular flexibility index (Phi) is 5.50. The van der Waals surface area contributed by atoms with Crippen molar-refractivity contribution in [3.63, 3.8) is 0 Å². The monoisotopic (exact) mass is 257 g/mol. The van der Waals surface area contributed by atoms with Gasteiger partial charge in [-0.1, -0.05) is 17.7 Å². The zero-order valence-electron chi connectivity index (χ0n) is 10.5. The lowest BCUT2D eigenvalue weighted by Gasteiger charge is -2.28. The van der Waals surface area contributed by atoms with Crippen molar-refractivity contribution < 1.29 is 0 Å². The number of aryl methyl sites for hydroxylation is 1. The van der Waals surface area contributed by atoms with Crippen molar-refractivity contribution in [3.05, 3.63) is 29.3 Å². The van der Waals surface area contributed by atoms with Gasteiger partial charge in [-0.05, 0) is 31.7 Å². The van der Waals surface area contributed by atoms with Crippen molar-refractivity contribution in [3.8, 4) is 0 Å². The maximum absolute atomic E-state index is 6.00. The van der Waals surface area contributed by atoms with Crippen LogP contribution in [0.3, 0.4) is 0 Å². The van der Waals surface area contributed by atoms with Crippen LogP contribution in [0.4, 0.5) is 5.69 Å². The molecule has 0 N–H and O–H groups in total. The van der Waals surface area contributed by atoms with E-state index in [1.165, 1.54) is 16.8 Å². The highest BCUT2D eigenvalue weighted by Crippen LogP contribution is 2.24. The van der Waals surface area contributed by atoms with E-state index < -0.39 is 0 Å². The van der Waals surface area contributed by atoms with Crippen molar-refractivity contribution in [1.29, 1.82) is 0 Å². The predicted octanol–water partition coefficient (Wildman–Crippen LogP) is 3.92. The highest BCUT2D eigenvalue weighted by atomic mass is 35.5. The number of halogens is 1. The lowest BCUT2D eigenvalue weighted by molar-refractivity contribution is 0.762. The number of alkyl halides is 1. The Hall–Kier alpha value is -0.340. The van der Waals surface area contributed by atoms with Crippen LogP contribution in [0.5, 0.6) is 0 Å². The van der Waals surface area contributed by atoms with E-state index in [0.717, 1.165) is 5.75 Å². The second kappa shape index (κ2) is 6.41. The van der Waals surface area contributed by atoms with Gasteiger partial charge in [-0.15, -0.1) is 11.6 Å². The predicted molar refractivity (Wildman–Crippen MR) is 77.0 cm³/mol. The van der Waals surface area contributed by atoms with E-state index in [4.69, 9.17) is 11.6 Å². The molecule has 0 aliphatic heterocycles.